The summed E-state index contributed by atoms with van der Waals surface area (Å²) < 4.78 is 44.5. The van der Waals surface area contributed by atoms with E-state index < -0.39 is 15.9 Å². The molecule has 1 N–H and O–H groups in total. The zero-order valence-electron chi connectivity index (χ0n) is 8.67. The van der Waals surface area contributed by atoms with Gasteiger partial charge in [0.25, 0.3) is 10.1 Å². The Hall–Kier alpha value is -1.72. The Labute approximate surface area is 98.3 Å². The molecule has 0 heterocycles. The van der Waals surface area contributed by atoms with Gasteiger partial charge >= 0.3 is 0 Å². The van der Waals surface area contributed by atoms with Crippen LogP contribution in [0, 0.1) is 5.82 Å². The van der Waals surface area contributed by atoms with Gasteiger partial charge in [0.05, 0.1) is 0 Å². The van der Waals surface area contributed by atoms with E-state index in [9.17, 15) is 12.8 Å². The minimum Gasteiger partial charge on any atom is -0.282 e. The summed E-state index contributed by atoms with van der Waals surface area (Å²) in [5, 5.41) is 0. The lowest BCUT2D eigenvalue weighted by molar-refractivity contribution is 0.483. The Morgan fingerprint density at radius 2 is 1.71 bits per heavy atom. The van der Waals surface area contributed by atoms with Crippen molar-refractivity contribution in [1.29, 1.82) is 0 Å². The Morgan fingerprint density at radius 3 is 2.35 bits per heavy atom. The highest BCUT2D eigenvalue weighted by Gasteiger charge is 2.15. The lowest BCUT2D eigenvalue weighted by atomic mass is 10.1. The minimum atomic E-state index is -4.32. The normalized spacial score (nSPS) is 11.4. The first-order valence-corrected chi connectivity index (χ1v) is 6.25. The highest BCUT2D eigenvalue weighted by molar-refractivity contribution is 7.86. The van der Waals surface area contributed by atoms with Gasteiger partial charge in [0, 0.05) is 5.56 Å². The number of benzene rings is 2. The van der Waals surface area contributed by atoms with Crippen molar-refractivity contribution in [2.45, 2.75) is 4.90 Å². The van der Waals surface area contributed by atoms with Gasteiger partial charge in [0.1, 0.15) is 10.7 Å². The summed E-state index contributed by atoms with van der Waals surface area (Å²) in [6.07, 6.45) is 0. The molecule has 0 radical (unpaired) electrons. The van der Waals surface area contributed by atoms with Crippen LogP contribution in [0.15, 0.2) is 53.4 Å². The Kier molecular flexibility index (Phi) is 2.95. The van der Waals surface area contributed by atoms with Crippen molar-refractivity contribution in [2.75, 3.05) is 0 Å². The van der Waals surface area contributed by atoms with Crippen LogP contribution in [0.5, 0.6) is 0 Å². The zero-order valence-corrected chi connectivity index (χ0v) is 9.49. The third-order valence-corrected chi connectivity index (χ3v) is 3.21. The molecule has 0 bridgehead atoms. The fourth-order valence-electron chi connectivity index (χ4n) is 1.59. The Morgan fingerprint density at radius 1 is 1.00 bits per heavy atom. The largest absolute Gasteiger partial charge is 0.295 e. The second-order valence-electron chi connectivity index (χ2n) is 3.48. The molecular weight excluding hydrogens is 243 g/mol. The number of rotatable bonds is 2. The molecule has 0 amide bonds. The maximum absolute atomic E-state index is 13.1. The molecule has 0 fully saturated rings. The molecule has 0 saturated carbocycles. The standard InChI is InChI=1S/C12H9FO3S/c13-10-5-3-4-9(8-10)11-6-1-2-7-12(11)17(14,15)16/h1-8H,(H,14,15,16). The summed E-state index contributed by atoms with van der Waals surface area (Å²) in [4.78, 5) is -0.231. The summed E-state index contributed by atoms with van der Waals surface area (Å²) in [6, 6.07) is 11.4. The smallest absolute Gasteiger partial charge is 0.282 e. The van der Waals surface area contributed by atoms with Gasteiger partial charge in [0.15, 0.2) is 0 Å². The van der Waals surface area contributed by atoms with Gasteiger partial charge in [-0.05, 0) is 23.8 Å². The van der Waals surface area contributed by atoms with Crippen LogP contribution in [0.3, 0.4) is 0 Å². The first-order valence-electron chi connectivity index (χ1n) is 4.81. The molecule has 0 unspecified atom stereocenters. The van der Waals surface area contributed by atoms with Gasteiger partial charge < -0.3 is 0 Å². The molecule has 0 saturated heterocycles. The van der Waals surface area contributed by atoms with Crippen molar-refractivity contribution in [2.24, 2.45) is 0 Å². The zero-order chi connectivity index (χ0) is 12.5. The second-order valence-corrected chi connectivity index (χ2v) is 4.87. The molecule has 88 valence electrons. The first kappa shape index (κ1) is 11.8. The molecule has 3 nitrogen and oxygen atoms in total. The first-order chi connectivity index (χ1) is 7.98. The van der Waals surface area contributed by atoms with Crippen molar-refractivity contribution in [3.05, 3.63) is 54.3 Å². The van der Waals surface area contributed by atoms with Crippen LogP contribution in [0.25, 0.3) is 11.1 Å². The molecule has 0 aliphatic heterocycles. The second kappa shape index (κ2) is 4.27. The number of hydrogen-bond acceptors (Lipinski definition) is 2. The van der Waals surface area contributed by atoms with E-state index in [0.717, 1.165) is 0 Å². The van der Waals surface area contributed by atoms with Crippen LogP contribution in [0.2, 0.25) is 0 Å². The molecule has 0 atom stereocenters. The Balaban J connectivity index is 2.69. The lowest BCUT2D eigenvalue weighted by Crippen LogP contribution is -2.00. The lowest BCUT2D eigenvalue weighted by Gasteiger charge is -2.06. The summed E-state index contributed by atoms with van der Waals surface area (Å²) in [5.74, 6) is -0.465. The number of hydrogen-bond donors (Lipinski definition) is 1. The fourth-order valence-corrected chi connectivity index (χ4v) is 2.30. The van der Waals surface area contributed by atoms with E-state index in [2.05, 4.69) is 0 Å². The van der Waals surface area contributed by atoms with Crippen LogP contribution in [-0.4, -0.2) is 13.0 Å². The number of halogens is 1. The topological polar surface area (TPSA) is 54.4 Å². The van der Waals surface area contributed by atoms with Crippen LogP contribution in [-0.2, 0) is 10.1 Å². The SMILES string of the molecule is O=S(=O)(O)c1ccccc1-c1cccc(F)c1. The van der Waals surface area contributed by atoms with Crippen LogP contribution >= 0.6 is 0 Å². The predicted molar refractivity (Wildman–Crippen MR) is 61.7 cm³/mol. The average molecular weight is 252 g/mol. The van der Waals surface area contributed by atoms with Gasteiger partial charge in [-0.15, -0.1) is 0 Å². The maximum atomic E-state index is 13.1. The average Bonchev–Trinajstić information content (AvgIpc) is 2.28. The van der Waals surface area contributed by atoms with E-state index in [4.69, 9.17) is 4.55 Å². The molecule has 17 heavy (non-hydrogen) atoms. The van der Waals surface area contributed by atoms with Crippen molar-refractivity contribution in [3.8, 4) is 11.1 Å². The fraction of sp³-hybridized carbons (Fsp3) is 0. The molecule has 2 aromatic rings. The summed E-state index contributed by atoms with van der Waals surface area (Å²) in [7, 11) is -4.32. The van der Waals surface area contributed by atoms with Crippen molar-refractivity contribution < 1.29 is 17.4 Å². The highest BCUT2D eigenvalue weighted by atomic mass is 32.2. The summed E-state index contributed by atoms with van der Waals surface area (Å²) in [5.41, 5.74) is 0.674. The van der Waals surface area contributed by atoms with Gasteiger partial charge in [-0.3, -0.25) is 4.55 Å². The molecular formula is C12H9FO3S. The highest BCUT2D eigenvalue weighted by Crippen LogP contribution is 2.27. The van der Waals surface area contributed by atoms with Gasteiger partial charge in [-0.1, -0.05) is 30.3 Å². The molecule has 5 heteroatoms. The van der Waals surface area contributed by atoms with Crippen LogP contribution < -0.4 is 0 Å². The van der Waals surface area contributed by atoms with Gasteiger partial charge in [0.2, 0.25) is 0 Å². The van der Waals surface area contributed by atoms with Crippen molar-refractivity contribution >= 4 is 10.1 Å². The van der Waals surface area contributed by atoms with Crippen LogP contribution in [0.4, 0.5) is 4.39 Å². The van der Waals surface area contributed by atoms with Crippen LogP contribution in [0.1, 0.15) is 0 Å². The van der Waals surface area contributed by atoms with E-state index in [-0.39, 0.29) is 10.5 Å². The summed E-state index contributed by atoms with van der Waals surface area (Å²) >= 11 is 0. The molecule has 0 aliphatic carbocycles. The predicted octanol–water partition coefficient (Wildman–Crippen LogP) is 2.74. The third-order valence-electron chi connectivity index (χ3n) is 2.30. The van der Waals surface area contributed by atoms with Gasteiger partial charge in [-0.2, -0.15) is 8.42 Å². The van der Waals surface area contributed by atoms with E-state index >= 15 is 0 Å². The molecule has 0 spiro atoms. The van der Waals surface area contributed by atoms with Crippen molar-refractivity contribution in [3.63, 3.8) is 0 Å². The maximum Gasteiger partial charge on any atom is 0.295 e. The van der Waals surface area contributed by atoms with E-state index in [0.29, 0.717) is 5.56 Å². The van der Waals surface area contributed by atoms with E-state index in [1.54, 1.807) is 12.1 Å². The quantitative estimate of drug-likeness (QED) is 0.836. The molecule has 0 aliphatic rings. The Bertz CT molecular complexity index is 650. The molecule has 2 rings (SSSR count). The van der Waals surface area contributed by atoms with E-state index in [1.165, 1.54) is 36.4 Å². The van der Waals surface area contributed by atoms with E-state index in [1.807, 2.05) is 0 Å². The monoisotopic (exact) mass is 252 g/mol. The molecule has 0 aromatic heterocycles. The third kappa shape index (κ3) is 2.51. The van der Waals surface area contributed by atoms with Gasteiger partial charge in [-0.25, -0.2) is 4.39 Å². The van der Waals surface area contributed by atoms with Crippen molar-refractivity contribution in [1.82, 2.24) is 0 Å². The summed E-state index contributed by atoms with van der Waals surface area (Å²) in [6.45, 7) is 0. The minimum absolute atomic E-state index is 0.231. The molecule has 2 aromatic carbocycles.